The second-order valence-corrected chi connectivity index (χ2v) is 9.33. The van der Waals surface area contributed by atoms with Gasteiger partial charge in [0, 0.05) is 10.6 Å². The fourth-order valence-electron chi connectivity index (χ4n) is 2.75. The van der Waals surface area contributed by atoms with Crippen molar-refractivity contribution < 1.29 is 28.7 Å². The molecule has 3 rings (SSSR count). The average molecular weight is 551 g/mol. The minimum atomic E-state index is -0.542. The Bertz CT molecular complexity index is 1140. The zero-order chi connectivity index (χ0) is 24.0. The van der Waals surface area contributed by atoms with E-state index in [1.165, 1.54) is 18.9 Å². The van der Waals surface area contributed by atoms with E-state index in [-0.39, 0.29) is 18.1 Å². The number of hydrogen-bond acceptors (Lipinski definition) is 8. The molecule has 0 spiro atoms. The van der Waals surface area contributed by atoms with Crippen molar-refractivity contribution in [1.82, 2.24) is 4.90 Å². The molecule has 1 aliphatic rings. The van der Waals surface area contributed by atoms with Gasteiger partial charge in [0.15, 0.2) is 6.61 Å². The Hall–Kier alpha value is -2.76. The highest BCUT2D eigenvalue weighted by molar-refractivity contribution is 9.10. The van der Waals surface area contributed by atoms with E-state index in [1.54, 1.807) is 30.3 Å². The lowest BCUT2D eigenvalue weighted by atomic mass is 10.2. The van der Waals surface area contributed by atoms with E-state index in [1.807, 2.05) is 24.5 Å². The minimum absolute atomic E-state index is 0.201. The van der Waals surface area contributed by atoms with Crippen LogP contribution in [-0.2, 0) is 19.1 Å². The topological polar surface area (TPSA) is 102 Å². The van der Waals surface area contributed by atoms with E-state index in [0.29, 0.717) is 21.5 Å². The van der Waals surface area contributed by atoms with Crippen molar-refractivity contribution >= 4 is 74.2 Å². The van der Waals surface area contributed by atoms with Gasteiger partial charge in [0.2, 0.25) is 5.91 Å². The van der Waals surface area contributed by atoms with Crippen LogP contribution in [0.1, 0.15) is 5.56 Å². The maximum atomic E-state index is 12.7. The predicted molar refractivity (Wildman–Crippen MR) is 131 cm³/mol. The number of carbonyl (C=O) groups is 4. The summed E-state index contributed by atoms with van der Waals surface area (Å²) in [5.41, 5.74) is 1.23. The van der Waals surface area contributed by atoms with Crippen LogP contribution in [0.4, 0.5) is 10.5 Å². The molecule has 0 bridgehead atoms. The summed E-state index contributed by atoms with van der Waals surface area (Å²) in [6, 6.07) is 12.3. The number of rotatable bonds is 8. The number of thioether (sulfide) groups is 2. The van der Waals surface area contributed by atoms with Gasteiger partial charge in [-0.05, 0) is 75.9 Å². The molecule has 0 saturated carbocycles. The Morgan fingerprint density at radius 1 is 1.21 bits per heavy atom. The van der Waals surface area contributed by atoms with Crippen LogP contribution in [-0.4, -0.2) is 54.4 Å². The Labute approximate surface area is 207 Å². The van der Waals surface area contributed by atoms with Crippen LogP contribution in [0.2, 0.25) is 0 Å². The van der Waals surface area contributed by atoms with Crippen molar-refractivity contribution in [3.05, 3.63) is 57.4 Å². The number of amides is 3. The molecule has 172 valence electrons. The minimum Gasteiger partial charge on any atom is -0.481 e. The van der Waals surface area contributed by atoms with Crippen LogP contribution in [0, 0.1) is 0 Å². The van der Waals surface area contributed by atoms with Gasteiger partial charge in [0.05, 0.1) is 16.5 Å². The van der Waals surface area contributed by atoms with Crippen LogP contribution >= 0.6 is 39.5 Å². The standard InChI is InChI=1S/C22H19BrN2O6S2/c1-30-20(27)12-31-17-7-6-13(8-16(17)23)9-18-21(28)25(22(29)33-18)11-19(26)24-14-4-3-5-15(10-14)32-2/h3-10H,11-12H2,1-2H3,(H,24,26)/b18-9+. The first-order chi connectivity index (χ1) is 15.8. The van der Waals surface area contributed by atoms with Gasteiger partial charge >= 0.3 is 5.97 Å². The van der Waals surface area contributed by atoms with Crippen molar-refractivity contribution in [3.63, 3.8) is 0 Å². The second-order valence-electron chi connectivity index (χ2n) is 6.60. The smallest absolute Gasteiger partial charge is 0.343 e. The summed E-state index contributed by atoms with van der Waals surface area (Å²) in [6.07, 6.45) is 3.48. The predicted octanol–water partition coefficient (Wildman–Crippen LogP) is 4.40. The first-order valence-corrected chi connectivity index (χ1v) is 12.3. The highest BCUT2D eigenvalue weighted by Crippen LogP contribution is 2.34. The quantitative estimate of drug-likeness (QED) is 0.293. The number of carbonyl (C=O) groups excluding carboxylic acids is 4. The fraction of sp³-hybridized carbons (Fsp3) is 0.182. The van der Waals surface area contributed by atoms with E-state index in [4.69, 9.17) is 4.74 Å². The number of esters is 1. The molecule has 2 aromatic carbocycles. The first-order valence-electron chi connectivity index (χ1n) is 9.49. The molecule has 8 nitrogen and oxygen atoms in total. The van der Waals surface area contributed by atoms with Gasteiger partial charge in [0.1, 0.15) is 12.3 Å². The number of halogens is 1. The molecule has 0 aromatic heterocycles. The van der Waals surface area contributed by atoms with E-state index in [9.17, 15) is 19.2 Å². The molecule has 1 fully saturated rings. The van der Waals surface area contributed by atoms with Crippen molar-refractivity contribution in [3.8, 4) is 5.75 Å². The molecule has 1 saturated heterocycles. The number of anilines is 1. The summed E-state index contributed by atoms with van der Waals surface area (Å²) in [5.74, 6) is -1.10. The molecule has 33 heavy (non-hydrogen) atoms. The van der Waals surface area contributed by atoms with Crippen LogP contribution in [0.5, 0.6) is 5.75 Å². The largest absolute Gasteiger partial charge is 0.481 e. The number of benzene rings is 2. The summed E-state index contributed by atoms with van der Waals surface area (Å²) in [6.45, 7) is -0.619. The maximum Gasteiger partial charge on any atom is 0.343 e. The van der Waals surface area contributed by atoms with Gasteiger partial charge in [-0.25, -0.2) is 4.79 Å². The Kier molecular flexibility index (Phi) is 8.59. The van der Waals surface area contributed by atoms with Crippen molar-refractivity contribution in [2.45, 2.75) is 4.90 Å². The molecular weight excluding hydrogens is 532 g/mol. The van der Waals surface area contributed by atoms with E-state index in [0.717, 1.165) is 21.6 Å². The maximum absolute atomic E-state index is 12.7. The molecule has 0 radical (unpaired) electrons. The summed E-state index contributed by atoms with van der Waals surface area (Å²) in [5, 5.41) is 2.19. The van der Waals surface area contributed by atoms with Gasteiger partial charge in [-0.2, -0.15) is 0 Å². The molecular formula is C22H19BrN2O6S2. The molecule has 0 aliphatic carbocycles. The third kappa shape index (κ3) is 6.62. The Morgan fingerprint density at radius 2 is 2.00 bits per heavy atom. The zero-order valence-electron chi connectivity index (χ0n) is 17.6. The van der Waals surface area contributed by atoms with Crippen molar-refractivity contribution in [1.29, 1.82) is 0 Å². The van der Waals surface area contributed by atoms with E-state index >= 15 is 0 Å². The molecule has 2 aromatic rings. The van der Waals surface area contributed by atoms with Crippen LogP contribution in [0.25, 0.3) is 6.08 Å². The summed E-state index contributed by atoms with van der Waals surface area (Å²) < 4.78 is 10.4. The molecule has 0 atom stereocenters. The lowest BCUT2D eigenvalue weighted by molar-refractivity contribution is -0.143. The third-order valence-electron chi connectivity index (χ3n) is 4.36. The van der Waals surface area contributed by atoms with Crippen molar-refractivity contribution in [2.75, 3.05) is 31.8 Å². The highest BCUT2D eigenvalue weighted by Gasteiger charge is 2.36. The fourth-order valence-corrected chi connectivity index (χ4v) is 4.56. The summed E-state index contributed by atoms with van der Waals surface area (Å²) >= 11 is 5.66. The average Bonchev–Trinajstić information content (AvgIpc) is 3.05. The molecule has 3 amide bonds. The van der Waals surface area contributed by atoms with Gasteiger partial charge < -0.3 is 14.8 Å². The molecule has 1 N–H and O–H groups in total. The number of nitrogens with zero attached hydrogens (tertiary/aromatic N) is 1. The Morgan fingerprint density at radius 3 is 2.70 bits per heavy atom. The number of hydrogen-bond donors (Lipinski definition) is 1. The van der Waals surface area contributed by atoms with Gasteiger partial charge in [0.25, 0.3) is 11.1 Å². The number of nitrogens with one attached hydrogen (secondary N) is 1. The summed E-state index contributed by atoms with van der Waals surface area (Å²) in [7, 11) is 1.27. The lowest BCUT2D eigenvalue weighted by Gasteiger charge is -2.12. The number of imide groups is 1. The monoisotopic (exact) mass is 550 g/mol. The van der Waals surface area contributed by atoms with Crippen LogP contribution in [0.3, 0.4) is 0 Å². The molecule has 1 aliphatic heterocycles. The normalized spacial score (nSPS) is 14.5. The van der Waals surface area contributed by atoms with E-state index in [2.05, 4.69) is 26.0 Å². The molecule has 11 heteroatoms. The third-order valence-corrected chi connectivity index (χ3v) is 6.61. The van der Waals surface area contributed by atoms with Gasteiger partial charge in [-0.15, -0.1) is 11.8 Å². The van der Waals surface area contributed by atoms with Crippen LogP contribution in [0.15, 0.2) is 56.7 Å². The number of methoxy groups -OCH3 is 1. The van der Waals surface area contributed by atoms with Crippen LogP contribution < -0.4 is 10.1 Å². The second kappa shape index (κ2) is 11.4. The molecule has 1 heterocycles. The first kappa shape index (κ1) is 24.9. The van der Waals surface area contributed by atoms with Crippen molar-refractivity contribution in [2.24, 2.45) is 0 Å². The SMILES string of the molecule is COC(=O)COc1ccc(/C=C2/SC(=O)N(CC(=O)Nc3cccc(SC)c3)C2=O)cc1Br. The number of ether oxygens (including phenoxy) is 2. The van der Waals surface area contributed by atoms with E-state index < -0.39 is 23.0 Å². The van der Waals surface area contributed by atoms with Gasteiger partial charge in [-0.3, -0.25) is 19.3 Å². The Balaban J connectivity index is 1.65. The zero-order valence-corrected chi connectivity index (χ0v) is 20.8. The lowest BCUT2D eigenvalue weighted by Crippen LogP contribution is -2.36. The summed E-state index contributed by atoms with van der Waals surface area (Å²) in [4.78, 5) is 50.8. The highest BCUT2D eigenvalue weighted by atomic mass is 79.9. The van der Waals surface area contributed by atoms with Gasteiger partial charge in [-0.1, -0.05) is 12.1 Å². The molecule has 0 unspecified atom stereocenters.